The molecule has 2 rings (SSSR count). The van der Waals surface area contributed by atoms with Gasteiger partial charge in [0.1, 0.15) is 0 Å². The van der Waals surface area contributed by atoms with E-state index in [1.807, 2.05) is 22.2 Å². The summed E-state index contributed by atoms with van der Waals surface area (Å²) in [5.41, 5.74) is 0. The molecule has 204 valence electrons. The summed E-state index contributed by atoms with van der Waals surface area (Å²) in [6.45, 7) is 22.6. The van der Waals surface area contributed by atoms with E-state index in [4.69, 9.17) is 19.8 Å². The van der Waals surface area contributed by atoms with Gasteiger partial charge in [-0.3, -0.25) is 0 Å². The number of nitrogens with zero attached hydrogens (tertiary/aromatic N) is 4. The van der Waals surface area contributed by atoms with Crippen molar-refractivity contribution in [3.8, 4) is 0 Å². The third-order valence-corrected chi connectivity index (χ3v) is 4.69. The van der Waals surface area contributed by atoms with E-state index in [0.717, 1.165) is 31.6 Å². The van der Waals surface area contributed by atoms with Crippen LogP contribution in [0.2, 0.25) is 0 Å². The van der Waals surface area contributed by atoms with Gasteiger partial charge in [0.2, 0.25) is 0 Å². The molecule has 0 unspecified atom stereocenters. The Labute approximate surface area is 211 Å². The maximum Gasteiger partial charge on any atom is 0.351 e. The van der Waals surface area contributed by atoms with Crippen molar-refractivity contribution in [2.45, 2.75) is 61.6 Å². The SMILES string of the molecule is CC(C)CN1C=CN(CC(C)C)C1.CC(C)CN1C=CN(CC(C)C)C1[C-](O)O.O=C([O-])C(=O)O. The third kappa shape index (κ3) is 14.5. The summed E-state index contributed by atoms with van der Waals surface area (Å²) in [5.74, 6) is -1.52. The molecule has 0 saturated carbocycles. The van der Waals surface area contributed by atoms with Crippen LogP contribution in [0, 0.1) is 30.0 Å². The average Bonchev–Trinajstić information content (AvgIpc) is 3.27. The zero-order valence-electron chi connectivity index (χ0n) is 22.6. The van der Waals surface area contributed by atoms with Gasteiger partial charge >= 0.3 is 5.97 Å². The first-order valence-corrected chi connectivity index (χ1v) is 12.2. The predicted molar refractivity (Wildman–Crippen MR) is 133 cm³/mol. The summed E-state index contributed by atoms with van der Waals surface area (Å²) in [5, 5.41) is 35.1. The minimum Gasteiger partial charge on any atom is -0.539 e. The van der Waals surface area contributed by atoms with Gasteiger partial charge in [0.15, 0.2) is 5.97 Å². The Bertz CT molecular complexity index is 629. The van der Waals surface area contributed by atoms with Crippen LogP contribution in [-0.4, -0.2) is 85.9 Å². The summed E-state index contributed by atoms with van der Waals surface area (Å²) < 4.78 is 0. The van der Waals surface area contributed by atoms with Gasteiger partial charge in [-0.2, -0.15) is 0 Å². The first-order chi connectivity index (χ1) is 16.1. The molecule has 0 spiro atoms. The lowest BCUT2D eigenvalue weighted by Crippen LogP contribution is -2.45. The summed E-state index contributed by atoms with van der Waals surface area (Å²) >= 11 is 0. The van der Waals surface area contributed by atoms with Crippen molar-refractivity contribution in [1.29, 1.82) is 0 Å². The molecule has 0 amide bonds. The van der Waals surface area contributed by atoms with E-state index < -0.39 is 24.4 Å². The number of carboxylic acid groups (broad SMARTS) is 2. The summed E-state index contributed by atoms with van der Waals surface area (Å²) in [7, 11) is 0. The van der Waals surface area contributed by atoms with Gasteiger partial charge in [0, 0.05) is 57.1 Å². The molecule has 0 aromatic heterocycles. The molecule has 0 fully saturated rings. The number of carbonyl (C=O) groups is 2. The van der Waals surface area contributed by atoms with E-state index in [1.165, 1.54) is 13.1 Å². The third-order valence-electron chi connectivity index (χ3n) is 4.69. The topological polar surface area (TPSA) is 131 Å². The Morgan fingerprint density at radius 1 is 0.771 bits per heavy atom. The molecule has 3 N–H and O–H groups in total. The quantitative estimate of drug-likeness (QED) is 0.321. The van der Waals surface area contributed by atoms with E-state index in [-0.39, 0.29) is 0 Å². The van der Waals surface area contributed by atoms with E-state index in [2.05, 4.69) is 77.6 Å². The van der Waals surface area contributed by atoms with E-state index in [0.29, 0.717) is 11.8 Å². The molecular formula is C25H46N4O6-2. The Kier molecular flexibility index (Phi) is 15.1. The lowest BCUT2D eigenvalue weighted by atomic mass is 10.2. The minimum atomic E-state index is -2.07. The molecule has 0 atom stereocenters. The predicted octanol–water partition coefficient (Wildman–Crippen LogP) is 2.11. The van der Waals surface area contributed by atoms with E-state index >= 15 is 0 Å². The molecule has 0 aromatic carbocycles. The van der Waals surface area contributed by atoms with Crippen LogP contribution in [0.3, 0.4) is 0 Å². The van der Waals surface area contributed by atoms with Crippen molar-refractivity contribution in [3.05, 3.63) is 31.1 Å². The first-order valence-electron chi connectivity index (χ1n) is 12.2. The van der Waals surface area contributed by atoms with Gasteiger partial charge in [0.05, 0.1) is 6.67 Å². The van der Waals surface area contributed by atoms with Gasteiger partial charge in [-0.15, -0.1) is 0 Å². The van der Waals surface area contributed by atoms with Crippen molar-refractivity contribution in [2.75, 3.05) is 32.8 Å². The molecule has 2 aliphatic rings. The van der Waals surface area contributed by atoms with Gasteiger partial charge < -0.3 is 44.8 Å². The van der Waals surface area contributed by atoms with Crippen LogP contribution in [0.4, 0.5) is 0 Å². The number of hydrogen-bond donors (Lipinski definition) is 3. The molecule has 10 heteroatoms. The minimum absolute atomic E-state index is 0.412. The molecule has 35 heavy (non-hydrogen) atoms. The number of carboxylic acids is 2. The van der Waals surface area contributed by atoms with Crippen LogP contribution in [0.25, 0.3) is 0 Å². The summed E-state index contributed by atoms with van der Waals surface area (Å²) in [4.78, 5) is 26.7. The highest BCUT2D eigenvalue weighted by Crippen LogP contribution is 2.23. The lowest BCUT2D eigenvalue weighted by molar-refractivity contribution is -0.303. The van der Waals surface area contributed by atoms with Crippen molar-refractivity contribution in [3.63, 3.8) is 0 Å². The van der Waals surface area contributed by atoms with Gasteiger partial charge in [-0.25, -0.2) is 4.79 Å². The molecule has 10 nitrogen and oxygen atoms in total. The number of aliphatic carboxylic acids is 2. The highest BCUT2D eigenvalue weighted by atomic mass is 16.5. The number of rotatable bonds is 9. The highest BCUT2D eigenvalue weighted by Gasteiger charge is 2.24. The zero-order valence-corrected chi connectivity index (χ0v) is 22.6. The average molecular weight is 499 g/mol. The maximum absolute atomic E-state index is 9.37. The monoisotopic (exact) mass is 498 g/mol. The second kappa shape index (κ2) is 16.3. The van der Waals surface area contributed by atoms with E-state index in [1.54, 1.807) is 0 Å². The standard InChI is InChI=1S/C12H23N2O2.C11H22N2.C2H2O4/c1-9(2)7-13-5-6-14(8-10(3)4)11(13)12(15)16;1-10(2)7-12-5-6-13(9-12)8-11(3)4;3-1(4)2(5)6/h5-6,9-11,15-16H,7-8H2,1-4H3;5-6,10-11H,7-9H2,1-4H3;(H,3,4)(H,5,6)/q-1;;/p-1. The molecule has 2 aliphatic heterocycles. The van der Waals surface area contributed by atoms with Crippen molar-refractivity contribution < 1.29 is 30.0 Å². The largest absolute Gasteiger partial charge is 0.539 e. The molecule has 0 aliphatic carbocycles. The van der Waals surface area contributed by atoms with Crippen LogP contribution in [0.15, 0.2) is 24.8 Å². The molecule has 0 aromatic rings. The second-order valence-corrected chi connectivity index (χ2v) is 10.6. The Morgan fingerprint density at radius 2 is 1.09 bits per heavy atom. The van der Waals surface area contributed by atoms with Crippen molar-refractivity contribution in [2.24, 2.45) is 23.7 Å². The van der Waals surface area contributed by atoms with E-state index in [9.17, 15) is 10.2 Å². The molecule has 0 bridgehead atoms. The summed E-state index contributed by atoms with van der Waals surface area (Å²) in [6, 6.07) is 0. The van der Waals surface area contributed by atoms with Crippen LogP contribution in [-0.2, 0) is 9.59 Å². The van der Waals surface area contributed by atoms with Crippen LogP contribution in [0.5, 0.6) is 0 Å². The van der Waals surface area contributed by atoms with Gasteiger partial charge in [-0.05, 0) is 30.0 Å². The molecule has 0 saturated heterocycles. The smallest absolute Gasteiger partial charge is 0.351 e. The van der Waals surface area contributed by atoms with Crippen LogP contribution in [0.1, 0.15) is 55.4 Å². The van der Waals surface area contributed by atoms with Crippen molar-refractivity contribution in [1.82, 2.24) is 19.6 Å². The molecular weight excluding hydrogens is 452 g/mol. The zero-order chi connectivity index (χ0) is 27.3. The Hall–Kier alpha value is -2.46. The number of hydrogen-bond acceptors (Lipinski definition) is 9. The lowest BCUT2D eigenvalue weighted by Gasteiger charge is -2.43. The van der Waals surface area contributed by atoms with Crippen molar-refractivity contribution >= 4 is 11.9 Å². The molecule has 2 heterocycles. The van der Waals surface area contributed by atoms with Gasteiger partial charge in [0.25, 0.3) is 0 Å². The second-order valence-electron chi connectivity index (χ2n) is 10.6. The maximum atomic E-state index is 9.37. The fourth-order valence-electron chi connectivity index (χ4n) is 3.68. The number of aliphatic hydroxyl groups is 2. The van der Waals surface area contributed by atoms with Crippen LogP contribution >= 0.6 is 0 Å². The van der Waals surface area contributed by atoms with Gasteiger partial charge in [-0.1, -0.05) is 55.4 Å². The Balaban J connectivity index is 0.000000546. The first kappa shape index (κ1) is 32.5. The molecule has 0 radical (unpaired) electrons. The fraction of sp³-hybridized carbons (Fsp3) is 0.720. The Morgan fingerprint density at radius 3 is 1.31 bits per heavy atom. The number of aliphatic hydroxyl groups excluding tert-OH is 1. The normalized spacial score (nSPS) is 15.5. The summed E-state index contributed by atoms with van der Waals surface area (Å²) in [6.07, 6.45) is 7.35. The number of carbonyl (C=O) groups excluding carboxylic acids is 1. The fourth-order valence-corrected chi connectivity index (χ4v) is 3.68. The highest BCUT2D eigenvalue weighted by molar-refractivity contribution is 6.26. The van der Waals surface area contributed by atoms with Crippen LogP contribution < -0.4 is 5.11 Å².